The molecular formula is C14H24N2O. The van der Waals surface area contributed by atoms with E-state index in [0.29, 0.717) is 5.92 Å². The van der Waals surface area contributed by atoms with Crippen molar-refractivity contribution >= 4 is 5.69 Å². The van der Waals surface area contributed by atoms with Crippen molar-refractivity contribution in [3.8, 4) is 0 Å². The molecule has 2 unspecified atom stereocenters. The lowest BCUT2D eigenvalue weighted by Crippen LogP contribution is -2.28. The molecule has 0 spiro atoms. The number of hydrogen-bond donors (Lipinski definition) is 1. The van der Waals surface area contributed by atoms with Gasteiger partial charge in [-0.25, -0.2) is 0 Å². The molecule has 0 saturated heterocycles. The number of nitrogens with zero attached hydrogens (tertiary/aromatic N) is 2. The van der Waals surface area contributed by atoms with Crippen LogP contribution in [0.5, 0.6) is 0 Å². The molecule has 1 rings (SSSR count). The molecule has 0 saturated carbocycles. The molecule has 3 heteroatoms. The van der Waals surface area contributed by atoms with Gasteiger partial charge in [0.1, 0.15) is 0 Å². The Morgan fingerprint density at radius 1 is 1.29 bits per heavy atom. The third kappa shape index (κ3) is 4.00. The van der Waals surface area contributed by atoms with Crippen LogP contribution in [0.4, 0.5) is 5.69 Å². The van der Waals surface area contributed by atoms with Crippen molar-refractivity contribution in [3.63, 3.8) is 0 Å². The number of anilines is 1. The van der Waals surface area contributed by atoms with E-state index >= 15 is 0 Å². The lowest BCUT2D eigenvalue weighted by molar-refractivity contribution is 0.194. The third-order valence-electron chi connectivity index (χ3n) is 3.17. The molecule has 3 nitrogen and oxygen atoms in total. The predicted molar refractivity (Wildman–Crippen MR) is 72.2 cm³/mol. The highest BCUT2D eigenvalue weighted by Crippen LogP contribution is 2.18. The van der Waals surface area contributed by atoms with Gasteiger partial charge in [-0.2, -0.15) is 0 Å². The molecular weight excluding hydrogens is 212 g/mol. The first-order valence-corrected chi connectivity index (χ1v) is 6.47. The van der Waals surface area contributed by atoms with E-state index in [1.54, 1.807) is 6.92 Å². The summed E-state index contributed by atoms with van der Waals surface area (Å²) in [5.41, 5.74) is 1.87. The number of aliphatic hydroxyl groups is 1. The highest BCUT2D eigenvalue weighted by molar-refractivity contribution is 5.44. The van der Waals surface area contributed by atoms with Gasteiger partial charge in [0.2, 0.25) is 0 Å². The molecule has 0 aromatic carbocycles. The van der Waals surface area contributed by atoms with E-state index in [-0.39, 0.29) is 0 Å². The minimum absolute atomic E-state index is 0.492. The van der Waals surface area contributed by atoms with Crippen molar-refractivity contribution in [3.05, 3.63) is 24.0 Å². The Hall–Kier alpha value is -1.09. The Labute approximate surface area is 104 Å². The first kappa shape index (κ1) is 14.0. The molecule has 1 heterocycles. The van der Waals surface area contributed by atoms with Gasteiger partial charge in [0.05, 0.1) is 23.7 Å². The number of hydrogen-bond acceptors (Lipinski definition) is 3. The summed E-state index contributed by atoms with van der Waals surface area (Å²) in [4.78, 5) is 6.61. The topological polar surface area (TPSA) is 36.4 Å². The van der Waals surface area contributed by atoms with Crippen LogP contribution in [0.1, 0.15) is 45.9 Å². The van der Waals surface area contributed by atoms with E-state index in [0.717, 1.165) is 24.5 Å². The lowest BCUT2D eigenvalue weighted by Gasteiger charge is -2.26. The zero-order valence-electron chi connectivity index (χ0n) is 11.3. The Balaban J connectivity index is 2.75. The second-order valence-corrected chi connectivity index (χ2v) is 4.67. The maximum absolute atomic E-state index is 9.42. The van der Waals surface area contributed by atoms with E-state index in [1.807, 2.05) is 18.3 Å². The highest BCUT2D eigenvalue weighted by atomic mass is 16.3. The summed E-state index contributed by atoms with van der Waals surface area (Å²) < 4.78 is 0. The molecule has 1 aromatic rings. The van der Waals surface area contributed by atoms with Gasteiger partial charge < -0.3 is 10.0 Å². The maximum atomic E-state index is 9.42. The molecule has 0 aliphatic heterocycles. The summed E-state index contributed by atoms with van der Waals surface area (Å²) in [6.45, 7) is 10.4. The van der Waals surface area contributed by atoms with Crippen LogP contribution in [0.2, 0.25) is 0 Å². The first-order valence-electron chi connectivity index (χ1n) is 6.47. The third-order valence-corrected chi connectivity index (χ3v) is 3.17. The minimum atomic E-state index is -0.492. The summed E-state index contributed by atoms with van der Waals surface area (Å²) in [6, 6.07) is 3.94. The fourth-order valence-corrected chi connectivity index (χ4v) is 1.75. The minimum Gasteiger partial charge on any atom is -0.387 e. The van der Waals surface area contributed by atoms with Gasteiger partial charge in [0, 0.05) is 13.1 Å². The van der Waals surface area contributed by atoms with Crippen molar-refractivity contribution in [2.45, 2.75) is 40.2 Å². The zero-order chi connectivity index (χ0) is 12.8. The second kappa shape index (κ2) is 6.60. The van der Waals surface area contributed by atoms with Gasteiger partial charge in [0.25, 0.3) is 0 Å². The van der Waals surface area contributed by atoms with Crippen LogP contribution in [0.15, 0.2) is 18.3 Å². The Bertz CT molecular complexity index is 321. The van der Waals surface area contributed by atoms with Crippen LogP contribution in [-0.4, -0.2) is 23.2 Å². The van der Waals surface area contributed by atoms with Crippen molar-refractivity contribution in [1.29, 1.82) is 0 Å². The van der Waals surface area contributed by atoms with Gasteiger partial charge >= 0.3 is 0 Å². The fourth-order valence-electron chi connectivity index (χ4n) is 1.75. The monoisotopic (exact) mass is 236 g/mol. The van der Waals surface area contributed by atoms with E-state index in [1.165, 1.54) is 6.42 Å². The van der Waals surface area contributed by atoms with E-state index in [4.69, 9.17) is 0 Å². The summed E-state index contributed by atoms with van der Waals surface area (Å²) >= 11 is 0. The molecule has 2 atom stereocenters. The average Bonchev–Trinajstić information content (AvgIpc) is 2.35. The summed E-state index contributed by atoms with van der Waals surface area (Å²) in [7, 11) is 0. The predicted octanol–water partition coefficient (Wildman–Crippen LogP) is 3.01. The fraction of sp³-hybridized carbons (Fsp3) is 0.643. The molecule has 1 aromatic heterocycles. The maximum Gasteiger partial charge on any atom is 0.0931 e. The highest BCUT2D eigenvalue weighted by Gasteiger charge is 2.09. The van der Waals surface area contributed by atoms with Gasteiger partial charge in [-0.15, -0.1) is 0 Å². The Kier molecular flexibility index (Phi) is 5.42. The van der Waals surface area contributed by atoms with Gasteiger partial charge in [-0.05, 0) is 31.9 Å². The first-order chi connectivity index (χ1) is 8.08. The number of aliphatic hydroxyl groups excluding tert-OH is 1. The lowest BCUT2D eigenvalue weighted by atomic mass is 10.1. The van der Waals surface area contributed by atoms with Crippen molar-refractivity contribution in [2.24, 2.45) is 5.92 Å². The number of aromatic nitrogens is 1. The van der Waals surface area contributed by atoms with Gasteiger partial charge in [-0.3, -0.25) is 4.98 Å². The van der Waals surface area contributed by atoms with Gasteiger partial charge in [-0.1, -0.05) is 20.3 Å². The summed E-state index contributed by atoms with van der Waals surface area (Å²) in [6.07, 6.45) is 2.55. The van der Waals surface area contributed by atoms with Crippen LogP contribution in [0.25, 0.3) is 0 Å². The Morgan fingerprint density at radius 2 is 2.00 bits per heavy atom. The zero-order valence-corrected chi connectivity index (χ0v) is 11.3. The molecule has 0 bridgehead atoms. The van der Waals surface area contributed by atoms with Crippen LogP contribution in [-0.2, 0) is 0 Å². The van der Waals surface area contributed by atoms with Crippen molar-refractivity contribution in [1.82, 2.24) is 4.98 Å². The second-order valence-electron chi connectivity index (χ2n) is 4.67. The molecule has 17 heavy (non-hydrogen) atoms. The quantitative estimate of drug-likeness (QED) is 0.825. The van der Waals surface area contributed by atoms with Crippen LogP contribution >= 0.6 is 0 Å². The molecule has 0 aliphatic rings. The molecule has 0 fully saturated rings. The van der Waals surface area contributed by atoms with Crippen molar-refractivity contribution in [2.75, 3.05) is 18.0 Å². The smallest absolute Gasteiger partial charge is 0.0931 e. The number of pyridine rings is 1. The SMILES string of the molecule is CCC(C)CN(CC)c1ccc(C(C)O)nc1. The largest absolute Gasteiger partial charge is 0.387 e. The summed E-state index contributed by atoms with van der Waals surface area (Å²) in [5, 5.41) is 9.42. The Morgan fingerprint density at radius 3 is 2.41 bits per heavy atom. The number of rotatable bonds is 6. The summed E-state index contributed by atoms with van der Waals surface area (Å²) in [5.74, 6) is 0.686. The van der Waals surface area contributed by atoms with E-state index in [2.05, 4.69) is 30.7 Å². The van der Waals surface area contributed by atoms with E-state index < -0.39 is 6.10 Å². The molecule has 0 radical (unpaired) electrons. The van der Waals surface area contributed by atoms with Crippen LogP contribution < -0.4 is 4.90 Å². The normalized spacial score (nSPS) is 14.4. The standard InChI is InChI=1S/C14H24N2O/c1-5-11(3)10-16(6-2)13-7-8-14(12(4)17)15-9-13/h7-9,11-12,17H,5-6,10H2,1-4H3. The molecule has 0 aliphatic carbocycles. The van der Waals surface area contributed by atoms with Crippen LogP contribution in [0, 0.1) is 5.92 Å². The molecule has 96 valence electrons. The van der Waals surface area contributed by atoms with E-state index in [9.17, 15) is 5.11 Å². The molecule has 0 amide bonds. The van der Waals surface area contributed by atoms with Gasteiger partial charge in [0.15, 0.2) is 0 Å². The van der Waals surface area contributed by atoms with Crippen LogP contribution in [0.3, 0.4) is 0 Å². The average molecular weight is 236 g/mol. The molecule has 1 N–H and O–H groups in total. The van der Waals surface area contributed by atoms with Crippen molar-refractivity contribution < 1.29 is 5.11 Å².